The number of hydrogen-bond donors (Lipinski definition) is 1. The molecule has 2 rings (SSSR count). The third-order valence-corrected chi connectivity index (χ3v) is 3.28. The van der Waals surface area contributed by atoms with Gasteiger partial charge in [-0.05, 0) is 57.2 Å². The monoisotopic (exact) mass is 372 g/mol. The minimum atomic E-state index is -0.763. The summed E-state index contributed by atoms with van der Waals surface area (Å²) in [5, 5.41) is 14.3. The largest absolute Gasteiger partial charge is 0.444 e. The van der Waals surface area contributed by atoms with Gasteiger partial charge in [-0.25, -0.2) is 4.79 Å². The van der Waals surface area contributed by atoms with E-state index in [0.29, 0.717) is 10.6 Å². The number of carbonyl (C=O) groups is 1. The van der Waals surface area contributed by atoms with Crippen molar-refractivity contribution < 1.29 is 14.5 Å². The Labute approximate surface area is 156 Å². The highest BCUT2D eigenvalue weighted by molar-refractivity contribution is 6.30. The summed E-state index contributed by atoms with van der Waals surface area (Å²) in [5.74, 6) is 5.76. The molecule has 0 heterocycles. The highest BCUT2D eigenvalue weighted by Gasteiger charge is 2.20. The lowest BCUT2D eigenvalue weighted by atomic mass is 10.1. The number of carbonyl (C=O) groups excluding carboxylic acids is 1. The SMILES string of the molecule is CC(C)(C)OC(=O)Nc1ccc(C#Cc2ccc(Cl)cc2)cc1[N+](=O)[O-]. The van der Waals surface area contributed by atoms with Gasteiger partial charge in [-0.15, -0.1) is 0 Å². The maximum absolute atomic E-state index is 11.8. The van der Waals surface area contributed by atoms with Crippen LogP contribution in [0.1, 0.15) is 31.9 Å². The van der Waals surface area contributed by atoms with Crippen LogP contribution in [0.15, 0.2) is 42.5 Å². The van der Waals surface area contributed by atoms with Gasteiger partial charge in [0.1, 0.15) is 11.3 Å². The van der Waals surface area contributed by atoms with Crippen LogP contribution in [0.5, 0.6) is 0 Å². The second-order valence-corrected chi connectivity index (χ2v) is 6.81. The van der Waals surface area contributed by atoms with Gasteiger partial charge in [0, 0.05) is 22.2 Å². The highest BCUT2D eigenvalue weighted by atomic mass is 35.5. The van der Waals surface area contributed by atoms with E-state index in [1.807, 2.05) is 0 Å². The summed E-state index contributed by atoms with van der Waals surface area (Å²) in [6, 6.07) is 11.2. The molecule has 134 valence electrons. The minimum absolute atomic E-state index is 0.0429. The molecule has 0 aromatic heterocycles. The van der Waals surface area contributed by atoms with Gasteiger partial charge in [0.05, 0.1) is 4.92 Å². The maximum atomic E-state index is 11.8. The van der Waals surface area contributed by atoms with Crippen LogP contribution in [0.4, 0.5) is 16.2 Å². The Balaban J connectivity index is 2.25. The van der Waals surface area contributed by atoms with Crippen LogP contribution in [0.3, 0.4) is 0 Å². The highest BCUT2D eigenvalue weighted by Crippen LogP contribution is 2.26. The Hall–Kier alpha value is -3.04. The molecule has 0 bridgehead atoms. The van der Waals surface area contributed by atoms with Crippen LogP contribution >= 0.6 is 11.6 Å². The zero-order chi connectivity index (χ0) is 19.3. The molecule has 0 aliphatic carbocycles. The van der Waals surface area contributed by atoms with E-state index in [0.717, 1.165) is 5.56 Å². The average Bonchev–Trinajstić information content (AvgIpc) is 2.53. The second kappa shape index (κ2) is 7.89. The number of benzene rings is 2. The van der Waals surface area contributed by atoms with E-state index in [4.69, 9.17) is 16.3 Å². The number of nitrogens with one attached hydrogen (secondary N) is 1. The van der Waals surface area contributed by atoms with Crippen molar-refractivity contribution in [3.63, 3.8) is 0 Å². The summed E-state index contributed by atoms with van der Waals surface area (Å²) in [6.45, 7) is 5.11. The third-order valence-electron chi connectivity index (χ3n) is 3.03. The lowest BCUT2D eigenvalue weighted by Crippen LogP contribution is -2.27. The molecule has 0 aliphatic heterocycles. The van der Waals surface area contributed by atoms with E-state index >= 15 is 0 Å². The van der Waals surface area contributed by atoms with Gasteiger partial charge in [-0.2, -0.15) is 0 Å². The number of ether oxygens (including phenoxy) is 1. The van der Waals surface area contributed by atoms with Crippen LogP contribution in [0.2, 0.25) is 5.02 Å². The summed E-state index contributed by atoms with van der Waals surface area (Å²) in [7, 11) is 0. The fraction of sp³-hybridized carbons (Fsp3) is 0.211. The van der Waals surface area contributed by atoms with Gasteiger partial charge in [0.15, 0.2) is 0 Å². The molecule has 0 fully saturated rings. The molecule has 26 heavy (non-hydrogen) atoms. The first-order valence-corrected chi connectivity index (χ1v) is 8.08. The Morgan fingerprint density at radius 3 is 2.27 bits per heavy atom. The molecule has 0 saturated heterocycles. The van der Waals surface area contributed by atoms with Gasteiger partial charge >= 0.3 is 6.09 Å². The molecule has 2 aromatic carbocycles. The Bertz CT molecular complexity index is 890. The van der Waals surface area contributed by atoms with E-state index < -0.39 is 16.6 Å². The van der Waals surface area contributed by atoms with Crippen molar-refractivity contribution in [2.45, 2.75) is 26.4 Å². The molecule has 1 amide bonds. The number of nitro benzene ring substituents is 1. The lowest BCUT2D eigenvalue weighted by Gasteiger charge is -2.19. The van der Waals surface area contributed by atoms with Crippen molar-refractivity contribution in [2.24, 2.45) is 0 Å². The smallest absolute Gasteiger partial charge is 0.412 e. The number of halogens is 1. The molecule has 0 spiro atoms. The van der Waals surface area contributed by atoms with Gasteiger partial charge < -0.3 is 4.74 Å². The molecule has 0 aliphatic rings. The molecule has 6 nitrogen and oxygen atoms in total. The zero-order valence-electron chi connectivity index (χ0n) is 14.5. The number of anilines is 1. The standard InChI is InChI=1S/C19H17ClN2O4/c1-19(2,3)26-18(23)21-16-11-8-14(12-17(16)22(24)25)5-4-13-6-9-15(20)10-7-13/h6-12H,1-3H3,(H,21,23). The summed E-state index contributed by atoms with van der Waals surface area (Å²) in [6.07, 6.45) is -0.763. The number of hydrogen-bond acceptors (Lipinski definition) is 4. The van der Waals surface area contributed by atoms with Crippen LogP contribution in [-0.2, 0) is 4.74 Å². The molecule has 0 atom stereocenters. The first kappa shape index (κ1) is 19.3. The quantitative estimate of drug-likeness (QED) is 0.457. The van der Waals surface area contributed by atoms with E-state index in [-0.39, 0.29) is 11.4 Å². The topological polar surface area (TPSA) is 81.5 Å². The molecular formula is C19H17ClN2O4. The van der Waals surface area contributed by atoms with Gasteiger partial charge in [0.2, 0.25) is 0 Å². The zero-order valence-corrected chi connectivity index (χ0v) is 15.3. The van der Waals surface area contributed by atoms with Crippen molar-refractivity contribution in [2.75, 3.05) is 5.32 Å². The fourth-order valence-corrected chi connectivity index (χ4v) is 2.08. The molecule has 1 N–H and O–H groups in total. The molecule has 2 aromatic rings. The predicted octanol–water partition coefficient (Wildman–Crippen LogP) is 5.00. The van der Waals surface area contributed by atoms with Gasteiger partial charge in [0.25, 0.3) is 5.69 Å². The van der Waals surface area contributed by atoms with E-state index in [1.54, 1.807) is 51.1 Å². The van der Waals surface area contributed by atoms with Crippen LogP contribution in [0.25, 0.3) is 0 Å². The minimum Gasteiger partial charge on any atom is -0.444 e. The maximum Gasteiger partial charge on any atom is 0.412 e. The van der Waals surface area contributed by atoms with Crippen molar-refractivity contribution in [1.29, 1.82) is 0 Å². The van der Waals surface area contributed by atoms with Crippen molar-refractivity contribution in [1.82, 2.24) is 0 Å². The average molecular weight is 373 g/mol. The number of nitrogens with zero attached hydrogens (tertiary/aromatic N) is 1. The predicted molar refractivity (Wildman–Crippen MR) is 100 cm³/mol. The van der Waals surface area contributed by atoms with Crippen LogP contribution in [-0.4, -0.2) is 16.6 Å². The Kier molecular flexibility index (Phi) is 5.86. The molecular weight excluding hydrogens is 356 g/mol. The first-order chi connectivity index (χ1) is 12.1. The van der Waals surface area contributed by atoms with E-state index in [9.17, 15) is 14.9 Å². The number of nitro groups is 1. The van der Waals surface area contributed by atoms with Crippen molar-refractivity contribution in [3.8, 4) is 11.8 Å². The van der Waals surface area contributed by atoms with E-state index in [2.05, 4.69) is 17.2 Å². The Morgan fingerprint density at radius 1 is 1.12 bits per heavy atom. The molecule has 7 heteroatoms. The second-order valence-electron chi connectivity index (χ2n) is 6.37. The molecule has 0 unspecified atom stereocenters. The van der Waals surface area contributed by atoms with Crippen LogP contribution < -0.4 is 5.32 Å². The van der Waals surface area contributed by atoms with Gasteiger partial charge in [-0.1, -0.05) is 23.4 Å². The fourth-order valence-electron chi connectivity index (χ4n) is 1.96. The summed E-state index contributed by atoms with van der Waals surface area (Å²) >= 11 is 5.82. The molecule has 0 radical (unpaired) electrons. The third kappa shape index (κ3) is 5.80. The molecule has 0 saturated carbocycles. The van der Waals surface area contributed by atoms with Crippen molar-refractivity contribution in [3.05, 3.63) is 68.7 Å². The summed E-state index contributed by atoms with van der Waals surface area (Å²) < 4.78 is 5.11. The van der Waals surface area contributed by atoms with Crippen LogP contribution in [0, 0.1) is 22.0 Å². The van der Waals surface area contributed by atoms with Gasteiger partial charge in [-0.3, -0.25) is 15.4 Å². The lowest BCUT2D eigenvalue weighted by molar-refractivity contribution is -0.383. The summed E-state index contributed by atoms with van der Waals surface area (Å²) in [5.41, 5.74) is 0.248. The first-order valence-electron chi connectivity index (χ1n) is 7.70. The van der Waals surface area contributed by atoms with Crippen molar-refractivity contribution >= 4 is 29.1 Å². The van der Waals surface area contributed by atoms with E-state index in [1.165, 1.54) is 12.1 Å². The normalized spacial score (nSPS) is 10.5. The number of rotatable bonds is 2. The number of amides is 1. The summed E-state index contributed by atoms with van der Waals surface area (Å²) in [4.78, 5) is 22.6. The Morgan fingerprint density at radius 2 is 1.69 bits per heavy atom.